The smallest absolute Gasteiger partial charge is 0.304 e. The molecule has 16 heavy (non-hydrogen) atoms. The number of para-hydroxylation sites is 1. The van der Waals surface area contributed by atoms with E-state index in [1.54, 1.807) is 0 Å². The second-order valence-electron chi connectivity index (χ2n) is 4.62. The Morgan fingerprint density at radius 2 is 2.12 bits per heavy atom. The minimum absolute atomic E-state index is 0.120. The molecule has 1 aliphatic rings. The highest BCUT2D eigenvalue weighted by Crippen LogP contribution is 2.51. The normalized spacial score (nSPS) is 17.5. The van der Waals surface area contributed by atoms with Crippen molar-refractivity contribution in [2.45, 2.75) is 24.7 Å². The van der Waals surface area contributed by atoms with Gasteiger partial charge in [-0.25, -0.2) is 0 Å². The minimum atomic E-state index is -0.712. The molecule has 0 aliphatic heterocycles. The summed E-state index contributed by atoms with van der Waals surface area (Å²) >= 11 is 0. The van der Waals surface area contributed by atoms with Gasteiger partial charge >= 0.3 is 5.97 Å². The first-order valence-corrected chi connectivity index (χ1v) is 5.50. The van der Waals surface area contributed by atoms with E-state index in [9.17, 15) is 4.79 Å². The van der Waals surface area contributed by atoms with E-state index in [2.05, 4.69) is 11.1 Å². The highest BCUT2D eigenvalue weighted by atomic mass is 16.4. The highest BCUT2D eigenvalue weighted by molar-refractivity contribution is 5.81. The first kappa shape index (κ1) is 9.46. The van der Waals surface area contributed by atoms with Gasteiger partial charge in [0, 0.05) is 16.6 Å². The van der Waals surface area contributed by atoms with Gasteiger partial charge in [-0.3, -0.25) is 4.79 Å². The van der Waals surface area contributed by atoms with E-state index < -0.39 is 5.97 Å². The molecule has 1 aromatic carbocycles. The van der Waals surface area contributed by atoms with Gasteiger partial charge in [0.15, 0.2) is 0 Å². The summed E-state index contributed by atoms with van der Waals surface area (Å²) in [6.45, 7) is 0. The number of carbonyl (C=O) groups is 1. The lowest BCUT2D eigenvalue weighted by Crippen LogP contribution is -2.13. The van der Waals surface area contributed by atoms with Crippen LogP contribution in [0.5, 0.6) is 0 Å². The fourth-order valence-corrected chi connectivity index (χ4v) is 2.34. The van der Waals surface area contributed by atoms with Crippen molar-refractivity contribution in [1.29, 1.82) is 0 Å². The van der Waals surface area contributed by atoms with Gasteiger partial charge in [-0.1, -0.05) is 18.2 Å². The van der Waals surface area contributed by atoms with Crippen LogP contribution in [0.2, 0.25) is 0 Å². The Hall–Kier alpha value is -1.77. The lowest BCUT2D eigenvalue weighted by Gasteiger charge is -2.09. The summed E-state index contributed by atoms with van der Waals surface area (Å²) in [7, 11) is 0. The number of aromatic nitrogens is 1. The monoisotopic (exact) mass is 215 g/mol. The van der Waals surface area contributed by atoms with Crippen molar-refractivity contribution in [3.63, 3.8) is 0 Å². The van der Waals surface area contributed by atoms with Crippen LogP contribution in [0.1, 0.15) is 25.0 Å². The van der Waals surface area contributed by atoms with Crippen molar-refractivity contribution < 1.29 is 9.90 Å². The molecule has 3 rings (SSSR count). The largest absolute Gasteiger partial charge is 0.481 e. The molecule has 1 fully saturated rings. The van der Waals surface area contributed by atoms with Crippen LogP contribution in [-0.2, 0) is 10.2 Å². The lowest BCUT2D eigenvalue weighted by molar-refractivity contribution is -0.137. The van der Waals surface area contributed by atoms with Crippen LogP contribution >= 0.6 is 0 Å². The number of fused-ring (bicyclic) bond motifs is 1. The first-order chi connectivity index (χ1) is 7.70. The summed E-state index contributed by atoms with van der Waals surface area (Å²) in [6, 6.07) is 10.1. The number of nitrogens with one attached hydrogen (secondary N) is 1. The molecular formula is C13H13NO2. The number of aromatic amines is 1. The zero-order chi connectivity index (χ0) is 11.2. The molecule has 0 atom stereocenters. The number of carboxylic acid groups (broad SMARTS) is 1. The van der Waals surface area contributed by atoms with Crippen LogP contribution in [0, 0.1) is 0 Å². The molecule has 1 aromatic heterocycles. The molecule has 1 heterocycles. The summed E-state index contributed by atoms with van der Waals surface area (Å²) in [5.74, 6) is -0.712. The average Bonchev–Trinajstić information content (AvgIpc) is 2.89. The minimum Gasteiger partial charge on any atom is -0.481 e. The fraction of sp³-hybridized carbons (Fsp3) is 0.308. The summed E-state index contributed by atoms with van der Waals surface area (Å²) in [5, 5.41) is 10.1. The van der Waals surface area contributed by atoms with Crippen molar-refractivity contribution >= 4 is 16.9 Å². The second kappa shape index (κ2) is 3.11. The Kier molecular flexibility index (Phi) is 1.84. The topological polar surface area (TPSA) is 53.1 Å². The van der Waals surface area contributed by atoms with E-state index in [-0.39, 0.29) is 11.8 Å². The molecule has 0 radical (unpaired) electrons. The Morgan fingerprint density at radius 3 is 2.75 bits per heavy atom. The molecule has 1 saturated carbocycles. The van der Waals surface area contributed by atoms with E-state index in [4.69, 9.17) is 5.11 Å². The standard InChI is InChI=1S/C13H13NO2/c15-12(16)8-13(5-6-13)11-7-9-3-1-2-4-10(9)14-11/h1-4,7,14H,5-6,8H2,(H,15,16). The molecule has 2 N–H and O–H groups in total. The van der Waals surface area contributed by atoms with Crippen LogP contribution in [0.3, 0.4) is 0 Å². The Bertz CT molecular complexity index is 519. The maximum atomic E-state index is 10.8. The maximum Gasteiger partial charge on any atom is 0.304 e. The van der Waals surface area contributed by atoms with E-state index in [0.29, 0.717) is 0 Å². The zero-order valence-electron chi connectivity index (χ0n) is 8.86. The molecule has 0 saturated heterocycles. The third-order valence-electron chi connectivity index (χ3n) is 3.44. The van der Waals surface area contributed by atoms with Crippen molar-refractivity contribution in [2.75, 3.05) is 0 Å². The number of benzene rings is 1. The van der Waals surface area contributed by atoms with Crippen LogP contribution in [0.4, 0.5) is 0 Å². The molecule has 82 valence electrons. The van der Waals surface area contributed by atoms with E-state index >= 15 is 0 Å². The number of H-pyrrole nitrogens is 1. The van der Waals surface area contributed by atoms with Crippen LogP contribution in [0.15, 0.2) is 30.3 Å². The number of aliphatic carboxylic acids is 1. The molecule has 3 heteroatoms. The number of carboxylic acids is 1. The maximum absolute atomic E-state index is 10.8. The number of hydrogen-bond donors (Lipinski definition) is 2. The highest BCUT2D eigenvalue weighted by Gasteiger charge is 2.47. The zero-order valence-corrected chi connectivity index (χ0v) is 8.86. The average molecular weight is 215 g/mol. The third-order valence-corrected chi connectivity index (χ3v) is 3.44. The third kappa shape index (κ3) is 1.40. The van der Waals surface area contributed by atoms with Crippen molar-refractivity contribution in [3.8, 4) is 0 Å². The molecule has 0 unspecified atom stereocenters. The Morgan fingerprint density at radius 1 is 1.38 bits per heavy atom. The van der Waals surface area contributed by atoms with Gasteiger partial charge in [0.05, 0.1) is 6.42 Å². The SMILES string of the molecule is O=C(O)CC1(c2cc3ccccc3[nH]2)CC1. The molecule has 1 aliphatic carbocycles. The molecule has 0 spiro atoms. The van der Waals surface area contributed by atoms with Crippen LogP contribution in [-0.4, -0.2) is 16.1 Å². The quantitative estimate of drug-likeness (QED) is 0.827. The predicted molar refractivity (Wildman–Crippen MR) is 61.5 cm³/mol. The van der Waals surface area contributed by atoms with Gasteiger partial charge in [-0.05, 0) is 30.4 Å². The van der Waals surface area contributed by atoms with Crippen LogP contribution < -0.4 is 0 Å². The van der Waals surface area contributed by atoms with Gasteiger partial charge in [0.25, 0.3) is 0 Å². The summed E-state index contributed by atoms with van der Waals surface area (Å²) in [4.78, 5) is 14.2. The summed E-state index contributed by atoms with van der Waals surface area (Å²) < 4.78 is 0. The van der Waals surface area contributed by atoms with E-state index in [0.717, 1.165) is 29.4 Å². The molecule has 0 bridgehead atoms. The van der Waals surface area contributed by atoms with Crippen LogP contribution in [0.25, 0.3) is 10.9 Å². The molecule has 2 aromatic rings. The van der Waals surface area contributed by atoms with Gasteiger partial charge in [-0.15, -0.1) is 0 Å². The van der Waals surface area contributed by atoms with Gasteiger partial charge in [0.1, 0.15) is 0 Å². The fourth-order valence-electron chi connectivity index (χ4n) is 2.34. The lowest BCUT2D eigenvalue weighted by atomic mass is 9.98. The van der Waals surface area contributed by atoms with Crippen molar-refractivity contribution in [3.05, 3.63) is 36.0 Å². The van der Waals surface area contributed by atoms with Gasteiger partial charge in [-0.2, -0.15) is 0 Å². The molecule has 0 amide bonds. The van der Waals surface area contributed by atoms with E-state index in [1.807, 2.05) is 24.3 Å². The second-order valence-corrected chi connectivity index (χ2v) is 4.62. The Labute approximate surface area is 93.1 Å². The van der Waals surface area contributed by atoms with Crippen molar-refractivity contribution in [2.24, 2.45) is 0 Å². The molecule has 3 nitrogen and oxygen atoms in total. The van der Waals surface area contributed by atoms with Gasteiger partial charge in [0.2, 0.25) is 0 Å². The van der Waals surface area contributed by atoms with Crippen molar-refractivity contribution in [1.82, 2.24) is 4.98 Å². The molecular weight excluding hydrogens is 202 g/mol. The first-order valence-electron chi connectivity index (χ1n) is 5.50. The summed E-state index contributed by atoms with van der Waals surface area (Å²) in [6.07, 6.45) is 2.19. The van der Waals surface area contributed by atoms with Gasteiger partial charge < -0.3 is 10.1 Å². The number of rotatable bonds is 3. The Balaban J connectivity index is 2.03. The summed E-state index contributed by atoms with van der Waals surface area (Å²) in [5.41, 5.74) is 2.05. The van der Waals surface area contributed by atoms with E-state index in [1.165, 1.54) is 0 Å². The number of hydrogen-bond acceptors (Lipinski definition) is 1. The predicted octanol–water partition coefficient (Wildman–Crippen LogP) is 2.67.